The van der Waals surface area contributed by atoms with Crippen molar-refractivity contribution in [2.24, 2.45) is 0 Å². The van der Waals surface area contributed by atoms with Crippen LogP contribution in [-0.4, -0.2) is 0 Å². The summed E-state index contributed by atoms with van der Waals surface area (Å²) in [7, 11) is 0. The van der Waals surface area contributed by atoms with Crippen LogP contribution in [0.5, 0.6) is 5.75 Å². The van der Waals surface area contributed by atoms with E-state index in [1.807, 2.05) is 24.3 Å². The zero-order valence-corrected chi connectivity index (χ0v) is 12.5. The number of rotatable bonds is 3. The summed E-state index contributed by atoms with van der Waals surface area (Å²) >= 11 is 6.78. The second kappa shape index (κ2) is 6.03. The molecule has 2 nitrogen and oxygen atoms in total. The summed E-state index contributed by atoms with van der Waals surface area (Å²) in [4.78, 5) is 0. The maximum Gasteiger partial charge on any atom is 0.134 e. The Kier molecular flexibility index (Phi) is 4.40. The molecule has 0 bridgehead atoms. The minimum atomic E-state index is 0.498. The first-order valence-electron chi connectivity index (χ1n) is 5.26. The van der Waals surface area contributed by atoms with Gasteiger partial charge in [-0.05, 0) is 51.8 Å². The van der Waals surface area contributed by atoms with Crippen molar-refractivity contribution >= 4 is 31.9 Å². The number of nitrogens with zero attached hydrogens (tertiary/aromatic N) is 1. The third-order valence-electron chi connectivity index (χ3n) is 2.37. The summed E-state index contributed by atoms with van der Waals surface area (Å²) in [5, 5.41) is 8.77. The first kappa shape index (κ1) is 13.1. The average Bonchev–Trinajstić information content (AvgIpc) is 2.39. The highest BCUT2D eigenvalue weighted by Gasteiger charge is 2.03. The van der Waals surface area contributed by atoms with E-state index in [9.17, 15) is 0 Å². The van der Waals surface area contributed by atoms with Crippen molar-refractivity contribution in [3.8, 4) is 11.8 Å². The van der Waals surface area contributed by atoms with Crippen LogP contribution in [0.15, 0.2) is 51.4 Å². The molecule has 0 fully saturated rings. The Bertz CT molecular complexity index is 588. The second-order valence-corrected chi connectivity index (χ2v) is 5.44. The topological polar surface area (TPSA) is 33.0 Å². The SMILES string of the molecule is N#Cc1ccc(OCc2ccc(Br)cc2)c(Br)c1. The van der Waals surface area contributed by atoms with Gasteiger partial charge in [0.15, 0.2) is 0 Å². The minimum absolute atomic E-state index is 0.498. The van der Waals surface area contributed by atoms with Gasteiger partial charge in [-0.25, -0.2) is 0 Å². The third kappa shape index (κ3) is 3.34. The largest absolute Gasteiger partial charge is 0.488 e. The van der Waals surface area contributed by atoms with Gasteiger partial charge in [0, 0.05) is 4.47 Å². The fourth-order valence-electron chi connectivity index (χ4n) is 1.43. The average molecular weight is 367 g/mol. The normalized spacial score (nSPS) is 9.83. The van der Waals surface area contributed by atoms with Crippen LogP contribution < -0.4 is 4.74 Å². The maximum atomic E-state index is 8.77. The van der Waals surface area contributed by atoms with E-state index >= 15 is 0 Å². The lowest BCUT2D eigenvalue weighted by molar-refractivity contribution is 0.304. The molecule has 2 aromatic carbocycles. The maximum absolute atomic E-state index is 8.77. The summed E-state index contributed by atoms with van der Waals surface area (Å²) in [5.41, 5.74) is 1.70. The molecular weight excluding hydrogens is 358 g/mol. The number of benzene rings is 2. The van der Waals surface area contributed by atoms with Crippen LogP contribution in [0.1, 0.15) is 11.1 Å². The molecule has 0 aliphatic rings. The van der Waals surface area contributed by atoms with Crippen LogP contribution in [0, 0.1) is 11.3 Å². The lowest BCUT2D eigenvalue weighted by Crippen LogP contribution is -1.96. The van der Waals surface area contributed by atoms with Gasteiger partial charge in [0.25, 0.3) is 0 Å². The summed E-state index contributed by atoms with van der Waals surface area (Å²) in [6, 6.07) is 15.3. The van der Waals surface area contributed by atoms with E-state index in [1.165, 1.54) is 0 Å². The lowest BCUT2D eigenvalue weighted by atomic mass is 10.2. The predicted octanol–water partition coefficient (Wildman–Crippen LogP) is 4.66. The number of hydrogen-bond acceptors (Lipinski definition) is 2. The summed E-state index contributed by atoms with van der Waals surface area (Å²) in [6.07, 6.45) is 0. The van der Waals surface area contributed by atoms with Gasteiger partial charge < -0.3 is 4.74 Å². The summed E-state index contributed by atoms with van der Waals surface area (Å²) in [6.45, 7) is 0.498. The molecule has 0 amide bonds. The molecule has 0 atom stereocenters. The zero-order chi connectivity index (χ0) is 13.0. The first-order chi connectivity index (χ1) is 8.69. The Morgan fingerprint density at radius 1 is 1.06 bits per heavy atom. The summed E-state index contributed by atoms with van der Waals surface area (Å²) < 4.78 is 7.53. The number of hydrogen-bond donors (Lipinski definition) is 0. The van der Waals surface area contributed by atoms with Crippen LogP contribution in [0.2, 0.25) is 0 Å². The van der Waals surface area contributed by atoms with E-state index < -0.39 is 0 Å². The van der Waals surface area contributed by atoms with Crippen molar-refractivity contribution in [2.45, 2.75) is 6.61 Å². The molecule has 0 spiro atoms. The van der Waals surface area contributed by atoms with E-state index in [4.69, 9.17) is 10.00 Å². The molecule has 0 unspecified atom stereocenters. The Morgan fingerprint density at radius 2 is 1.78 bits per heavy atom. The van der Waals surface area contributed by atoms with Crippen molar-refractivity contribution in [1.82, 2.24) is 0 Å². The van der Waals surface area contributed by atoms with Gasteiger partial charge in [-0.2, -0.15) is 5.26 Å². The minimum Gasteiger partial charge on any atom is -0.488 e. The van der Waals surface area contributed by atoms with E-state index in [1.54, 1.807) is 18.2 Å². The highest BCUT2D eigenvalue weighted by atomic mass is 79.9. The standard InChI is InChI=1S/C14H9Br2NO/c15-12-4-1-10(2-5-12)9-18-14-6-3-11(8-17)7-13(14)16/h1-7H,9H2. The van der Waals surface area contributed by atoms with Crippen molar-refractivity contribution in [2.75, 3.05) is 0 Å². The van der Waals surface area contributed by atoms with Crippen LogP contribution in [0.3, 0.4) is 0 Å². The number of ether oxygens (including phenoxy) is 1. The molecule has 0 N–H and O–H groups in total. The predicted molar refractivity (Wildman–Crippen MR) is 77.3 cm³/mol. The van der Waals surface area contributed by atoms with Crippen molar-refractivity contribution < 1.29 is 4.74 Å². The molecule has 0 aromatic heterocycles. The van der Waals surface area contributed by atoms with Crippen molar-refractivity contribution in [3.05, 3.63) is 62.5 Å². The molecule has 0 saturated carbocycles. The molecule has 0 heterocycles. The van der Waals surface area contributed by atoms with Gasteiger partial charge in [-0.15, -0.1) is 0 Å². The summed E-state index contributed by atoms with van der Waals surface area (Å²) in [5.74, 6) is 0.733. The molecule has 2 aromatic rings. The first-order valence-corrected chi connectivity index (χ1v) is 6.84. The van der Waals surface area contributed by atoms with Crippen LogP contribution in [0.25, 0.3) is 0 Å². The quantitative estimate of drug-likeness (QED) is 0.791. The van der Waals surface area contributed by atoms with Crippen LogP contribution >= 0.6 is 31.9 Å². The fourth-order valence-corrected chi connectivity index (χ4v) is 2.19. The van der Waals surface area contributed by atoms with Gasteiger partial charge in [-0.3, -0.25) is 0 Å². The second-order valence-electron chi connectivity index (χ2n) is 3.67. The van der Waals surface area contributed by atoms with Gasteiger partial charge >= 0.3 is 0 Å². The molecule has 4 heteroatoms. The van der Waals surface area contributed by atoms with Crippen molar-refractivity contribution in [1.29, 1.82) is 5.26 Å². The molecule has 0 radical (unpaired) electrons. The Hall–Kier alpha value is -1.31. The molecule has 18 heavy (non-hydrogen) atoms. The van der Waals surface area contributed by atoms with Crippen molar-refractivity contribution in [3.63, 3.8) is 0 Å². The van der Waals surface area contributed by atoms with E-state index in [-0.39, 0.29) is 0 Å². The third-order valence-corrected chi connectivity index (χ3v) is 3.52. The van der Waals surface area contributed by atoms with Gasteiger partial charge in [-0.1, -0.05) is 28.1 Å². The lowest BCUT2D eigenvalue weighted by Gasteiger charge is -2.08. The Morgan fingerprint density at radius 3 is 2.39 bits per heavy atom. The number of nitriles is 1. The molecular formula is C14H9Br2NO. The van der Waals surface area contributed by atoms with Gasteiger partial charge in [0.2, 0.25) is 0 Å². The van der Waals surface area contributed by atoms with E-state index in [2.05, 4.69) is 37.9 Å². The number of halogens is 2. The van der Waals surface area contributed by atoms with Gasteiger partial charge in [0.05, 0.1) is 16.1 Å². The fraction of sp³-hybridized carbons (Fsp3) is 0.0714. The Balaban J connectivity index is 2.06. The smallest absolute Gasteiger partial charge is 0.134 e. The monoisotopic (exact) mass is 365 g/mol. The zero-order valence-electron chi connectivity index (χ0n) is 9.36. The van der Waals surface area contributed by atoms with E-state index in [0.29, 0.717) is 12.2 Å². The highest BCUT2D eigenvalue weighted by molar-refractivity contribution is 9.10. The Labute approximate surface area is 122 Å². The van der Waals surface area contributed by atoms with Crippen LogP contribution in [-0.2, 0) is 6.61 Å². The molecule has 0 aliphatic heterocycles. The van der Waals surface area contributed by atoms with E-state index in [0.717, 1.165) is 20.3 Å². The molecule has 90 valence electrons. The molecule has 2 rings (SSSR count). The van der Waals surface area contributed by atoms with Gasteiger partial charge in [0.1, 0.15) is 12.4 Å². The molecule has 0 aliphatic carbocycles. The highest BCUT2D eigenvalue weighted by Crippen LogP contribution is 2.26. The van der Waals surface area contributed by atoms with Crippen LogP contribution in [0.4, 0.5) is 0 Å². The molecule has 0 saturated heterocycles.